The smallest absolute Gasteiger partial charge is 0.255 e. The van der Waals surface area contributed by atoms with Gasteiger partial charge in [0.15, 0.2) is 0 Å². The summed E-state index contributed by atoms with van der Waals surface area (Å²) in [4.78, 5) is 40.2. The normalized spacial score (nSPS) is 25.6. The summed E-state index contributed by atoms with van der Waals surface area (Å²) in [7, 11) is 3.07. The van der Waals surface area contributed by atoms with E-state index in [0.29, 0.717) is 28.4 Å². The lowest BCUT2D eigenvalue weighted by molar-refractivity contribution is -0.123. The van der Waals surface area contributed by atoms with Gasteiger partial charge in [-0.05, 0) is 61.6 Å². The fraction of sp³-hybridized carbons (Fsp3) is 0.320. The minimum Gasteiger partial charge on any atom is -0.497 e. The number of nitrogens with one attached hydrogen (secondary N) is 1. The molecule has 3 amide bonds. The Morgan fingerprint density at radius 1 is 1.00 bits per heavy atom. The van der Waals surface area contributed by atoms with Crippen molar-refractivity contribution in [3.63, 3.8) is 0 Å². The number of hydrogen-bond acceptors (Lipinski definition) is 5. The third-order valence-corrected chi connectivity index (χ3v) is 6.92. The van der Waals surface area contributed by atoms with E-state index in [1.165, 1.54) is 17.6 Å². The zero-order valence-electron chi connectivity index (χ0n) is 18.1. The molecule has 1 saturated heterocycles. The zero-order valence-corrected chi connectivity index (χ0v) is 18.1. The molecule has 164 valence electrons. The lowest BCUT2D eigenvalue weighted by Gasteiger charge is -2.19. The van der Waals surface area contributed by atoms with Crippen LogP contribution in [0.2, 0.25) is 0 Å². The Morgan fingerprint density at radius 2 is 1.72 bits per heavy atom. The Kier molecular flexibility index (Phi) is 4.77. The van der Waals surface area contributed by atoms with Crippen LogP contribution in [0.15, 0.2) is 54.1 Å². The molecule has 1 heterocycles. The van der Waals surface area contributed by atoms with Crippen LogP contribution in [0.1, 0.15) is 23.7 Å². The molecular weight excluding hydrogens is 408 g/mol. The van der Waals surface area contributed by atoms with Crippen LogP contribution in [-0.2, 0) is 9.59 Å². The highest BCUT2D eigenvalue weighted by Crippen LogP contribution is 2.55. The Morgan fingerprint density at radius 3 is 2.41 bits per heavy atom. The molecule has 2 bridgehead atoms. The van der Waals surface area contributed by atoms with Crippen LogP contribution in [-0.4, -0.2) is 31.9 Å². The number of methoxy groups -OCH3 is 2. The van der Waals surface area contributed by atoms with E-state index in [1.807, 2.05) is 6.92 Å². The monoisotopic (exact) mass is 432 g/mol. The molecule has 2 aromatic rings. The molecule has 32 heavy (non-hydrogen) atoms. The minimum absolute atomic E-state index is 0.127. The van der Waals surface area contributed by atoms with Crippen LogP contribution in [0.3, 0.4) is 0 Å². The first kappa shape index (κ1) is 20.3. The number of fused-ring (bicyclic) bond motifs is 5. The summed E-state index contributed by atoms with van der Waals surface area (Å²) >= 11 is 0. The van der Waals surface area contributed by atoms with Gasteiger partial charge in [0.2, 0.25) is 11.8 Å². The highest BCUT2D eigenvalue weighted by Gasteiger charge is 2.60. The Hall–Kier alpha value is -3.61. The SMILES string of the molecule is COc1ccc(OC)c(NC(=O)c2ccc(N3C(=O)[C@@H]4[C@@H](C3=O)[C@H]3C=C(C)[C@H]4C3)cc2)c1. The fourth-order valence-electron chi connectivity index (χ4n) is 5.40. The number of allylic oxidation sites excluding steroid dienone is 2. The molecule has 0 unspecified atom stereocenters. The molecule has 1 saturated carbocycles. The average Bonchev–Trinajstić information content (AvgIpc) is 3.44. The number of benzene rings is 2. The van der Waals surface area contributed by atoms with Gasteiger partial charge in [-0.15, -0.1) is 0 Å². The van der Waals surface area contributed by atoms with Crippen molar-refractivity contribution >= 4 is 29.1 Å². The van der Waals surface area contributed by atoms with Crippen LogP contribution in [0.25, 0.3) is 0 Å². The average molecular weight is 432 g/mol. The van der Waals surface area contributed by atoms with E-state index in [4.69, 9.17) is 9.47 Å². The second-order valence-corrected chi connectivity index (χ2v) is 8.55. The van der Waals surface area contributed by atoms with Crippen molar-refractivity contribution in [3.8, 4) is 11.5 Å². The number of anilines is 2. The first-order valence-electron chi connectivity index (χ1n) is 10.6. The molecule has 1 N–H and O–H groups in total. The van der Waals surface area contributed by atoms with Gasteiger partial charge in [0.1, 0.15) is 11.5 Å². The van der Waals surface area contributed by atoms with Crippen molar-refractivity contribution < 1.29 is 23.9 Å². The second kappa shape index (κ2) is 7.51. The lowest BCUT2D eigenvalue weighted by Crippen LogP contribution is -2.33. The van der Waals surface area contributed by atoms with Crippen LogP contribution in [0.4, 0.5) is 11.4 Å². The molecule has 0 radical (unpaired) electrons. The zero-order chi connectivity index (χ0) is 22.6. The number of ether oxygens (including phenoxy) is 2. The van der Waals surface area contributed by atoms with Crippen LogP contribution >= 0.6 is 0 Å². The molecule has 1 aliphatic heterocycles. The first-order chi connectivity index (χ1) is 15.4. The number of carbonyl (C=O) groups is 3. The van der Waals surface area contributed by atoms with Gasteiger partial charge in [0.05, 0.1) is 37.4 Å². The van der Waals surface area contributed by atoms with Gasteiger partial charge in [0, 0.05) is 11.6 Å². The van der Waals surface area contributed by atoms with E-state index >= 15 is 0 Å². The van der Waals surface area contributed by atoms with Crippen LogP contribution < -0.4 is 19.7 Å². The number of nitrogens with zero attached hydrogens (tertiary/aromatic N) is 1. The number of rotatable bonds is 5. The number of amides is 3. The van der Waals surface area contributed by atoms with Crippen molar-refractivity contribution in [3.05, 3.63) is 59.7 Å². The van der Waals surface area contributed by atoms with Crippen LogP contribution in [0, 0.1) is 23.7 Å². The van der Waals surface area contributed by atoms with Crippen molar-refractivity contribution in [1.29, 1.82) is 0 Å². The summed E-state index contributed by atoms with van der Waals surface area (Å²) in [6.07, 6.45) is 3.06. The Balaban J connectivity index is 1.35. The Bertz CT molecular complexity index is 1150. The van der Waals surface area contributed by atoms with Crippen molar-refractivity contribution in [2.75, 3.05) is 24.4 Å². The van der Waals surface area contributed by atoms with E-state index in [1.54, 1.807) is 49.6 Å². The van der Waals surface area contributed by atoms with E-state index in [9.17, 15) is 14.4 Å². The third kappa shape index (κ3) is 2.99. The molecule has 3 aliphatic rings. The van der Waals surface area contributed by atoms with Gasteiger partial charge >= 0.3 is 0 Å². The first-order valence-corrected chi connectivity index (χ1v) is 10.6. The summed E-state index contributed by atoms with van der Waals surface area (Å²) in [5.41, 5.74) is 2.61. The van der Waals surface area contributed by atoms with E-state index in [2.05, 4.69) is 11.4 Å². The minimum atomic E-state index is -0.336. The molecule has 5 rings (SSSR count). The standard InChI is InChI=1S/C25H24N2O5/c1-13-10-15-11-18(13)22-21(15)24(29)27(25(22)30)16-6-4-14(5-7-16)23(28)26-19-12-17(31-2)8-9-20(19)32-3/h4-10,12,15,18,21-22H,11H2,1-3H3,(H,26,28)/t15-,18+,21-,22-/m0/s1. The topological polar surface area (TPSA) is 84.9 Å². The molecule has 2 aliphatic carbocycles. The van der Waals surface area contributed by atoms with Gasteiger partial charge < -0.3 is 14.8 Å². The molecule has 7 nitrogen and oxygen atoms in total. The maximum absolute atomic E-state index is 13.1. The summed E-state index contributed by atoms with van der Waals surface area (Å²) < 4.78 is 10.5. The molecule has 0 aromatic heterocycles. The van der Waals surface area contributed by atoms with Gasteiger partial charge in [-0.1, -0.05) is 11.6 Å². The predicted octanol–water partition coefficient (Wildman–Crippen LogP) is 3.66. The summed E-state index contributed by atoms with van der Waals surface area (Å²) in [5.74, 6) is 0.343. The summed E-state index contributed by atoms with van der Waals surface area (Å²) in [6, 6.07) is 11.7. The molecule has 2 aromatic carbocycles. The second-order valence-electron chi connectivity index (χ2n) is 8.55. The van der Waals surface area contributed by atoms with Gasteiger partial charge in [-0.2, -0.15) is 0 Å². The molecular formula is C25H24N2O5. The summed E-state index contributed by atoms with van der Waals surface area (Å²) in [5, 5.41) is 2.82. The summed E-state index contributed by atoms with van der Waals surface area (Å²) in [6.45, 7) is 2.05. The number of carbonyl (C=O) groups excluding carboxylic acids is 3. The van der Waals surface area contributed by atoms with E-state index < -0.39 is 0 Å². The maximum atomic E-state index is 13.1. The molecule has 2 fully saturated rings. The highest BCUT2D eigenvalue weighted by atomic mass is 16.5. The highest BCUT2D eigenvalue weighted by molar-refractivity contribution is 6.23. The number of imide groups is 1. The fourth-order valence-corrected chi connectivity index (χ4v) is 5.40. The van der Waals surface area contributed by atoms with Gasteiger partial charge in [-0.3, -0.25) is 19.3 Å². The number of hydrogen-bond donors (Lipinski definition) is 1. The molecule has 4 atom stereocenters. The molecule has 0 spiro atoms. The third-order valence-electron chi connectivity index (χ3n) is 6.92. The molecule has 7 heteroatoms. The van der Waals surface area contributed by atoms with Crippen molar-refractivity contribution in [1.82, 2.24) is 0 Å². The van der Waals surface area contributed by atoms with E-state index in [-0.39, 0.29) is 41.4 Å². The van der Waals surface area contributed by atoms with Gasteiger partial charge in [-0.25, -0.2) is 0 Å². The van der Waals surface area contributed by atoms with Crippen molar-refractivity contribution in [2.45, 2.75) is 13.3 Å². The quantitative estimate of drug-likeness (QED) is 0.576. The largest absolute Gasteiger partial charge is 0.497 e. The van der Waals surface area contributed by atoms with Crippen LogP contribution in [0.5, 0.6) is 11.5 Å². The van der Waals surface area contributed by atoms with Crippen molar-refractivity contribution in [2.24, 2.45) is 23.7 Å². The Labute approximate surface area is 186 Å². The predicted molar refractivity (Wildman–Crippen MR) is 119 cm³/mol. The van der Waals surface area contributed by atoms with Gasteiger partial charge in [0.25, 0.3) is 5.91 Å². The van der Waals surface area contributed by atoms with E-state index in [0.717, 1.165) is 6.42 Å². The maximum Gasteiger partial charge on any atom is 0.255 e. The lowest BCUT2D eigenvalue weighted by atomic mass is 9.82.